The summed E-state index contributed by atoms with van der Waals surface area (Å²) in [6, 6.07) is 12.9. The molecule has 3 rings (SSSR count). The predicted molar refractivity (Wildman–Crippen MR) is 140 cm³/mol. The summed E-state index contributed by atoms with van der Waals surface area (Å²) in [4.78, 5) is 21.7. The van der Waals surface area contributed by atoms with Crippen molar-refractivity contribution < 1.29 is 22.8 Å². The number of hydrogen-bond donors (Lipinski definition) is 1. The van der Waals surface area contributed by atoms with E-state index in [2.05, 4.69) is 10.3 Å². The molecule has 8 nitrogen and oxygen atoms in total. The number of carbonyl (C=O) groups excluding carboxylic acids is 1. The lowest BCUT2D eigenvalue weighted by Gasteiger charge is -2.29. The van der Waals surface area contributed by atoms with Gasteiger partial charge in [-0.05, 0) is 49.0 Å². The van der Waals surface area contributed by atoms with Gasteiger partial charge in [-0.1, -0.05) is 60.1 Å². The molecule has 1 unspecified atom stereocenters. The van der Waals surface area contributed by atoms with Crippen LogP contribution in [0.15, 0.2) is 60.9 Å². The summed E-state index contributed by atoms with van der Waals surface area (Å²) in [6.45, 7) is 1.49. The molecule has 1 N–H and O–H groups in total. The number of ether oxygens (including phenoxy) is 1. The van der Waals surface area contributed by atoms with Gasteiger partial charge in [0.15, 0.2) is 6.29 Å². The second-order valence-electron chi connectivity index (χ2n) is 8.85. The number of nitrogens with zero attached hydrogens (tertiary/aromatic N) is 2. The van der Waals surface area contributed by atoms with Crippen molar-refractivity contribution >= 4 is 22.0 Å². The number of rotatable bonds is 15. The molecule has 0 bridgehead atoms. The molecule has 0 saturated carbocycles. The highest BCUT2D eigenvalue weighted by Gasteiger charge is 2.28. The van der Waals surface area contributed by atoms with Crippen LogP contribution in [0.1, 0.15) is 62.5 Å². The van der Waals surface area contributed by atoms with Gasteiger partial charge in [0.2, 0.25) is 15.9 Å². The minimum atomic E-state index is -3.64. The van der Waals surface area contributed by atoms with Gasteiger partial charge < -0.3 is 10.1 Å². The van der Waals surface area contributed by atoms with E-state index in [4.69, 9.17) is 9.57 Å². The first-order chi connectivity index (χ1) is 17.5. The third-order valence-corrected chi connectivity index (χ3v) is 7.39. The van der Waals surface area contributed by atoms with E-state index in [0.717, 1.165) is 54.1 Å². The molecule has 1 aromatic carbocycles. The number of sulfonamides is 1. The van der Waals surface area contributed by atoms with Crippen LogP contribution in [0.4, 0.5) is 0 Å². The van der Waals surface area contributed by atoms with E-state index in [1.807, 2.05) is 30.3 Å². The topological polar surface area (TPSA) is 97.8 Å². The molecule has 1 saturated heterocycles. The van der Waals surface area contributed by atoms with E-state index in [-0.39, 0.29) is 11.7 Å². The standard InChI is InChI=1S/C27H37N3O5S/c31-26(17-16-24-14-11-18-28-22-24)29-19-8-2-1-3-9-20-30(35-27-15-7-10-21-34-27)36(32,33)23-25-12-5-4-6-13-25/h4-6,11-14,16-18,22,27H,1-3,7-10,15,19-21,23H2,(H,29,31). The molecule has 1 aromatic heterocycles. The predicted octanol–water partition coefficient (Wildman–Crippen LogP) is 4.45. The molecule has 9 heteroatoms. The van der Waals surface area contributed by atoms with Crippen LogP contribution in [0, 0.1) is 0 Å². The maximum absolute atomic E-state index is 13.1. The van der Waals surface area contributed by atoms with Gasteiger partial charge in [-0.15, -0.1) is 0 Å². The Morgan fingerprint density at radius 3 is 2.64 bits per heavy atom. The van der Waals surface area contributed by atoms with Crippen molar-refractivity contribution in [3.63, 3.8) is 0 Å². The van der Waals surface area contributed by atoms with Crippen LogP contribution < -0.4 is 5.32 Å². The van der Waals surface area contributed by atoms with Crippen molar-refractivity contribution in [2.75, 3.05) is 19.7 Å². The number of aromatic nitrogens is 1. The highest BCUT2D eigenvalue weighted by atomic mass is 32.2. The Balaban J connectivity index is 1.36. The van der Waals surface area contributed by atoms with E-state index in [1.54, 1.807) is 30.6 Å². The van der Waals surface area contributed by atoms with Crippen LogP contribution in [0.3, 0.4) is 0 Å². The minimum Gasteiger partial charge on any atom is -0.353 e. The van der Waals surface area contributed by atoms with Crippen LogP contribution in [0.2, 0.25) is 0 Å². The van der Waals surface area contributed by atoms with Crippen LogP contribution in [0.25, 0.3) is 6.08 Å². The zero-order valence-electron chi connectivity index (χ0n) is 20.8. The molecule has 0 radical (unpaired) electrons. The number of unbranched alkanes of at least 4 members (excludes halogenated alkanes) is 4. The van der Waals surface area contributed by atoms with Crippen LogP contribution in [-0.4, -0.2) is 49.8 Å². The largest absolute Gasteiger partial charge is 0.353 e. The molecule has 1 aliphatic heterocycles. The van der Waals surface area contributed by atoms with Gasteiger partial charge in [-0.3, -0.25) is 14.6 Å². The third kappa shape index (κ3) is 10.6. The molecule has 1 amide bonds. The molecule has 0 aliphatic carbocycles. The Hall–Kier alpha value is -2.59. The quantitative estimate of drug-likeness (QED) is 0.214. The number of carbonyl (C=O) groups is 1. The summed E-state index contributed by atoms with van der Waals surface area (Å²) in [5.74, 6) is -0.227. The summed E-state index contributed by atoms with van der Waals surface area (Å²) >= 11 is 0. The third-order valence-electron chi connectivity index (χ3n) is 5.80. The van der Waals surface area contributed by atoms with Crippen LogP contribution in [-0.2, 0) is 30.1 Å². The van der Waals surface area contributed by atoms with E-state index in [9.17, 15) is 13.2 Å². The Labute approximate surface area is 214 Å². The molecule has 2 heterocycles. The zero-order valence-corrected chi connectivity index (χ0v) is 21.6. The first kappa shape index (κ1) is 28.0. The lowest BCUT2D eigenvalue weighted by molar-refractivity contribution is -0.252. The molecule has 196 valence electrons. The Morgan fingerprint density at radius 2 is 1.89 bits per heavy atom. The van der Waals surface area contributed by atoms with Gasteiger partial charge in [-0.2, -0.15) is 0 Å². The van der Waals surface area contributed by atoms with E-state index in [1.165, 1.54) is 6.08 Å². The summed E-state index contributed by atoms with van der Waals surface area (Å²) in [5.41, 5.74) is 1.61. The van der Waals surface area contributed by atoms with Crippen molar-refractivity contribution in [2.45, 2.75) is 63.4 Å². The van der Waals surface area contributed by atoms with Gasteiger partial charge in [0, 0.05) is 44.6 Å². The summed E-state index contributed by atoms with van der Waals surface area (Å²) in [5, 5.41) is 2.88. The first-order valence-electron chi connectivity index (χ1n) is 12.7. The molecule has 1 atom stereocenters. The Morgan fingerprint density at radius 1 is 1.08 bits per heavy atom. The van der Waals surface area contributed by atoms with E-state index < -0.39 is 16.3 Å². The second kappa shape index (κ2) is 15.5. The number of hydrogen-bond acceptors (Lipinski definition) is 6. The van der Waals surface area contributed by atoms with Crippen LogP contribution in [0.5, 0.6) is 0 Å². The molecular weight excluding hydrogens is 478 g/mol. The zero-order chi connectivity index (χ0) is 25.5. The molecule has 1 fully saturated rings. The van der Waals surface area contributed by atoms with Crippen molar-refractivity contribution in [2.24, 2.45) is 0 Å². The minimum absolute atomic E-state index is 0.102. The fourth-order valence-corrected chi connectivity index (χ4v) is 5.24. The van der Waals surface area contributed by atoms with Crippen LogP contribution >= 0.6 is 0 Å². The monoisotopic (exact) mass is 515 g/mol. The van der Waals surface area contributed by atoms with Gasteiger partial charge in [0.1, 0.15) is 0 Å². The van der Waals surface area contributed by atoms with Crippen molar-refractivity contribution in [3.8, 4) is 0 Å². The molecule has 36 heavy (non-hydrogen) atoms. The first-order valence-corrected chi connectivity index (χ1v) is 14.3. The van der Waals surface area contributed by atoms with Crippen molar-refractivity contribution in [1.82, 2.24) is 14.8 Å². The highest BCUT2D eigenvalue weighted by molar-refractivity contribution is 7.88. The second-order valence-corrected chi connectivity index (χ2v) is 10.7. The summed E-state index contributed by atoms with van der Waals surface area (Å²) < 4.78 is 32.9. The smallest absolute Gasteiger partial charge is 0.243 e. The average molecular weight is 516 g/mol. The SMILES string of the molecule is O=C(C=Cc1cccnc1)NCCCCCCCN(OC1CCCCO1)S(=O)(=O)Cc1ccccc1. The number of amides is 1. The summed E-state index contributed by atoms with van der Waals surface area (Å²) in [6.07, 6.45) is 13.1. The highest BCUT2D eigenvalue weighted by Crippen LogP contribution is 2.20. The van der Waals surface area contributed by atoms with Crippen molar-refractivity contribution in [3.05, 3.63) is 72.1 Å². The fourth-order valence-electron chi connectivity index (χ4n) is 3.85. The fraction of sp³-hybridized carbons (Fsp3) is 0.481. The Bertz CT molecular complexity index is 1030. The van der Waals surface area contributed by atoms with Gasteiger partial charge in [0.05, 0.1) is 5.75 Å². The number of hydroxylamine groups is 1. The normalized spacial score (nSPS) is 16.4. The molecule has 2 aromatic rings. The lowest BCUT2D eigenvalue weighted by Crippen LogP contribution is -2.38. The van der Waals surface area contributed by atoms with Crippen molar-refractivity contribution in [1.29, 1.82) is 0 Å². The maximum atomic E-state index is 13.1. The number of benzene rings is 1. The number of nitrogens with one attached hydrogen (secondary N) is 1. The lowest BCUT2D eigenvalue weighted by atomic mass is 10.1. The Kier molecular flexibility index (Phi) is 12.1. The van der Waals surface area contributed by atoms with E-state index >= 15 is 0 Å². The van der Waals surface area contributed by atoms with E-state index in [0.29, 0.717) is 32.5 Å². The molecular formula is C27H37N3O5S. The van der Waals surface area contributed by atoms with Gasteiger partial charge in [0.25, 0.3) is 0 Å². The van der Waals surface area contributed by atoms with Gasteiger partial charge >= 0.3 is 0 Å². The summed E-state index contributed by atoms with van der Waals surface area (Å²) in [7, 11) is -3.64. The maximum Gasteiger partial charge on any atom is 0.243 e. The van der Waals surface area contributed by atoms with Gasteiger partial charge in [-0.25, -0.2) is 8.42 Å². The average Bonchev–Trinajstić information content (AvgIpc) is 2.89. The molecule has 0 spiro atoms. The molecule has 1 aliphatic rings. The number of pyridine rings is 1.